The number of nitrogens with one attached hydrogen (secondary N) is 3. The van der Waals surface area contributed by atoms with Crippen molar-refractivity contribution in [2.75, 3.05) is 63.6 Å². The highest BCUT2D eigenvalue weighted by Gasteiger charge is 2.19. The second-order valence-electron chi connectivity index (χ2n) is 9.45. The summed E-state index contributed by atoms with van der Waals surface area (Å²) in [6.45, 7) is 5.93. The van der Waals surface area contributed by atoms with E-state index in [0.717, 1.165) is 6.42 Å². The van der Waals surface area contributed by atoms with Crippen molar-refractivity contribution >= 4 is 40.2 Å². The lowest BCUT2D eigenvalue weighted by atomic mass is 10.3. The topological polar surface area (TPSA) is 182 Å². The first-order valence-electron chi connectivity index (χ1n) is 13.4. The number of nitrogens with zero attached hydrogens (tertiary/aromatic N) is 8. The Kier molecular flexibility index (Phi) is 10.7. The molecule has 222 valence electrons. The molecule has 0 aliphatic heterocycles. The minimum atomic E-state index is -0.113. The molecule has 0 saturated carbocycles. The van der Waals surface area contributed by atoms with Gasteiger partial charge in [-0.25, -0.2) is 0 Å². The molecule has 0 saturated heterocycles. The predicted molar refractivity (Wildman–Crippen MR) is 157 cm³/mol. The SMILES string of the molecule is COCCCNc1nc(NC(C)COC)nc(NC(C)COC)c1N=Nc1nn(-c2nc3ccccc3o2)cc1C#N. The molecule has 0 fully saturated rings. The van der Waals surface area contributed by atoms with Crippen LogP contribution in [0.25, 0.3) is 17.1 Å². The van der Waals surface area contributed by atoms with E-state index in [1.54, 1.807) is 27.4 Å². The standard InChI is InChI=1S/C27H35N11O4/c1-17(15-40-4)30-25-22(24(29-11-8-12-39-3)33-26(34-25)31-18(2)16-41-5)35-36-23-19(13-28)14-38(37-23)27-32-20-9-6-7-10-21(20)42-27/h6-7,9-10,14,17-18H,8,11-12,15-16H2,1-5H3,(H3,29,30,31,33,34). The number of hydrogen-bond donors (Lipinski definition) is 3. The molecule has 3 heterocycles. The van der Waals surface area contributed by atoms with Crippen LogP contribution in [0, 0.1) is 11.3 Å². The minimum Gasteiger partial charge on any atom is -0.422 e. The summed E-state index contributed by atoms with van der Waals surface area (Å²) >= 11 is 0. The zero-order chi connectivity index (χ0) is 29.9. The molecule has 0 bridgehead atoms. The van der Waals surface area contributed by atoms with Crippen molar-refractivity contribution in [3.8, 4) is 12.1 Å². The van der Waals surface area contributed by atoms with E-state index in [9.17, 15) is 5.26 Å². The van der Waals surface area contributed by atoms with E-state index in [1.165, 1.54) is 10.9 Å². The first-order chi connectivity index (χ1) is 20.4. The number of oxazole rings is 1. The summed E-state index contributed by atoms with van der Waals surface area (Å²) in [5.74, 6) is 1.30. The van der Waals surface area contributed by atoms with Gasteiger partial charge < -0.3 is 34.6 Å². The summed E-state index contributed by atoms with van der Waals surface area (Å²) in [5.41, 5.74) is 1.78. The molecule has 4 rings (SSSR count). The van der Waals surface area contributed by atoms with Gasteiger partial charge >= 0.3 is 6.01 Å². The van der Waals surface area contributed by atoms with Gasteiger partial charge in [-0.1, -0.05) is 12.1 Å². The van der Waals surface area contributed by atoms with Gasteiger partial charge in [0.25, 0.3) is 0 Å². The lowest BCUT2D eigenvalue weighted by molar-refractivity contribution is 0.190. The fourth-order valence-corrected chi connectivity index (χ4v) is 3.97. The molecular weight excluding hydrogens is 542 g/mol. The fraction of sp³-hybridized carbons (Fsp3) is 0.444. The smallest absolute Gasteiger partial charge is 0.323 e. The van der Waals surface area contributed by atoms with Gasteiger partial charge in [0, 0.05) is 46.6 Å². The van der Waals surface area contributed by atoms with Crippen LogP contribution in [-0.4, -0.2) is 84.5 Å². The second kappa shape index (κ2) is 14.8. The average Bonchev–Trinajstić information content (AvgIpc) is 3.59. The number of methoxy groups -OCH3 is 3. The number of azo groups is 1. The Balaban J connectivity index is 1.73. The molecular formula is C27H35N11O4. The molecule has 2 atom stereocenters. The molecule has 1 aromatic carbocycles. The highest BCUT2D eigenvalue weighted by Crippen LogP contribution is 2.35. The van der Waals surface area contributed by atoms with Gasteiger partial charge in [0.15, 0.2) is 22.9 Å². The highest BCUT2D eigenvalue weighted by molar-refractivity contribution is 5.76. The summed E-state index contributed by atoms with van der Waals surface area (Å²) in [5, 5.41) is 32.9. The number of benzene rings is 1. The average molecular weight is 578 g/mol. The maximum Gasteiger partial charge on any atom is 0.323 e. The third-order valence-corrected chi connectivity index (χ3v) is 5.83. The number of hydrogen-bond acceptors (Lipinski definition) is 14. The van der Waals surface area contributed by atoms with Crippen LogP contribution in [-0.2, 0) is 14.2 Å². The third kappa shape index (κ3) is 7.75. The summed E-state index contributed by atoms with van der Waals surface area (Å²) in [7, 11) is 4.90. The van der Waals surface area contributed by atoms with Gasteiger partial charge in [-0.2, -0.15) is 24.9 Å². The lowest BCUT2D eigenvalue weighted by Gasteiger charge is -2.19. The summed E-state index contributed by atoms with van der Waals surface area (Å²) in [4.78, 5) is 13.8. The number of anilines is 3. The van der Waals surface area contributed by atoms with Gasteiger partial charge in [0.05, 0.1) is 19.4 Å². The number of para-hydroxylation sites is 2. The number of fused-ring (bicyclic) bond motifs is 1. The van der Waals surface area contributed by atoms with Crippen molar-refractivity contribution in [2.24, 2.45) is 10.2 Å². The largest absolute Gasteiger partial charge is 0.422 e. The second-order valence-corrected chi connectivity index (χ2v) is 9.45. The number of ether oxygens (including phenoxy) is 3. The Morgan fingerprint density at radius 3 is 2.43 bits per heavy atom. The number of aromatic nitrogens is 5. The maximum absolute atomic E-state index is 9.78. The minimum absolute atomic E-state index is 0.0536. The van der Waals surface area contributed by atoms with E-state index in [1.807, 2.05) is 32.0 Å². The van der Waals surface area contributed by atoms with E-state index in [4.69, 9.17) is 18.6 Å². The van der Waals surface area contributed by atoms with Crippen LogP contribution < -0.4 is 16.0 Å². The Morgan fingerprint density at radius 1 is 0.976 bits per heavy atom. The Hall–Kier alpha value is -4.65. The van der Waals surface area contributed by atoms with E-state index in [-0.39, 0.29) is 29.5 Å². The Bertz CT molecular complexity index is 1500. The normalized spacial score (nSPS) is 12.9. The van der Waals surface area contributed by atoms with Crippen molar-refractivity contribution in [1.29, 1.82) is 5.26 Å². The highest BCUT2D eigenvalue weighted by atomic mass is 16.5. The molecule has 0 aliphatic rings. The molecule has 0 amide bonds. The monoisotopic (exact) mass is 577 g/mol. The van der Waals surface area contributed by atoms with Crippen molar-refractivity contribution in [3.05, 3.63) is 36.0 Å². The first-order valence-corrected chi connectivity index (χ1v) is 13.4. The molecule has 3 N–H and O–H groups in total. The zero-order valence-electron chi connectivity index (χ0n) is 24.3. The molecule has 0 radical (unpaired) electrons. The molecule has 42 heavy (non-hydrogen) atoms. The first kappa shape index (κ1) is 30.3. The van der Waals surface area contributed by atoms with Crippen LogP contribution in [0.3, 0.4) is 0 Å². The lowest BCUT2D eigenvalue weighted by Crippen LogP contribution is -2.25. The van der Waals surface area contributed by atoms with Crippen molar-refractivity contribution < 1.29 is 18.6 Å². The molecule has 0 aliphatic carbocycles. The molecule has 15 nitrogen and oxygen atoms in total. The number of rotatable bonds is 16. The van der Waals surface area contributed by atoms with Crippen molar-refractivity contribution in [2.45, 2.75) is 32.4 Å². The molecule has 0 spiro atoms. The van der Waals surface area contributed by atoms with Gasteiger partial charge in [-0.05, 0) is 32.4 Å². The van der Waals surface area contributed by atoms with Gasteiger partial charge in [0.2, 0.25) is 11.8 Å². The van der Waals surface area contributed by atoms with E-state index >= 15 is 0 Å². The van der Waals surface area contributed by atoms with E-state index in [0.29, 0.717) is 60.7 Å². The number of nitriles is 1. The molecule has 15 heteroatoms. The van der Waals surface area contributed by atoms with Crippen LogP contribution in [0.15, 0.2) is 45.1 Å². The van der Waals surface area contributed by atoms with Crippen LogP contribution >= 0.6 is 0 Å². The van der Waals surface area contributed by atoms with Gasteiger partial charge in [0.1, 0.15) is 17.1 Å². The fourth-order valence-electron chi connectivity index (χ4n) is 3.97. The third-order valence-electron chi connectivity index (χ3n) is 5.83. The van der Waals surface area contributed by atoms with Crippen molar-refractivity contribution in [1.82, 2.24) is 24.7 Å². The zero-order valence-corrected chi connectivity index (χ0v) is 24.3. The molecule has 4 aromatic rings. The summed E-state index contributed by atoms with van der Waals surface area (Å²) < 4.78 is 22.9. The van der Waals surface area contributed by atoms with Crippen LogP contribution in [0.2, 0.25) is 0 Å². The van der Waals surface area contributed by atoms with E-state index < -0.39 is 0 Å². The van der Waals surface area contributed by atoms with Gasteiger partial charge in [-0.3, -0.25) is 0 Å². The van der Waals surface area contributed by atoms with Crippen LogP contribution in [0.5, 0.6) is 0 Å². The van der Waals surface area contributed by atoms with Crippen LogP contribution in [0.4, 0.5) is 29.1 Å². The molecule has 2 unspecified atom stereocenters. The van der Waals surface area contributed by atoms with E-state index in [2.05, 4.69) is 52.3 Å². The summed E-state index contributed by atoms with van der Waals surface area (Å²) in [6.07, 6.45) is 2.22. The van der Waals surface area contributed by atoms with Crippen LogP contribution in [0.1, 0.15) is 25.8 Å². The summed E-state index contributed by atoms with van der Waals surface area (Å²) in [6, 6.07) is 9.48. The van der Waals surface area contributed by atoms with Gasteiger partial charge in [-0.15, -0.1) is 15.3 Å². The Morgan fingerprint density at radius 2 is 1.71 bits per heavy atom. The quantitative estimate of drug-likeness (QED) is 0.126. The Labute approximate surface area is 243 Å². The predicted octanol–water partition coefficient (Wildman–Crippen LogP) is 4.43. The van der Waals surface area contributed by atoms with Crippen molar-refractivity contribution in [3.63, 3.8) is 0 Å². The maximum atomic E-state index is 9.78. The molecule has 3 aromatic heterocycles.